The maximum absolute atomic E-state index is 14.1. The summed E-state index contributed by atoms with van der Waals surface area (Å²) >= 11 is 0. The van der Waals surface area contributed by atoms with E-state index in [-0.39, 0.29) is 24.0 Å². The Morgan fingerprint density at radius 3 is 2.55 bits per heavy atom. The Bertz CT molecular complexity index is 1510. The van der Waals surface area contributed by atoms with Gasteiger partial charge in [-0.3, -0.25) is 9.67 Å². The summed E-state index contributed by atoms with van der Waals surface area (Å²) in [5.41, 5.74) is 5.83. The maximum atomic E-state index is 14.1. The predicted molar refractivity (Wildman–Crippen MR) is 151 cm³/mol. The second-order valence-electron chi connectivity index (χ2n) is 11.0. The summed E-state index contributed by atoms with van der Waals surface area (Å²) in [6, 6.07) is 1.98. The number of aryl methyl sites for hydroxylation is 2. The monoisotopic (exact) mass is 547 g/mol. The molecule has 0 radical (unpaired) electrons. The number of halogens is 2. The first kappa shape index (κ1) is 27.7. The van der Waals surface area contributed by atoms with Gasteiger partial charge in [-0.15, -0.1) is 5.10 Å². The van der Waals surface area contributed by atoms with E-state index in [1.54, 1.807) is 37.7 Å². The molecule has 40 heavy (non-hydrogen) atoms. The predicted octanol–water partition coefficient (Wildman–Crippen LogP) is 6.94. The van der Waals surface area contributed by atoms with Crippen molar-refractivity contribution in [2.24, 2.45) is 18.9 Å². The van der Waals surface area contributed by atoms with Crippen LogP contribution in [0, 0.1) is 18.8 Å². The standard InChI is InChI=1S/C31H35F2N5O2/c1-8-20-15-35-28(25-27(21-9-10-21)38(6)37-30(25)39-7)36-29(20)40-16-19-11-18(4)26(34-14-19)24-13-22(31(5,32)33)12-23(24)17(2)3/h8,11-15,17,21,23H,1,9-10,16H2,2-7H3. The number of rotatable bonds is 10. The minimum Gasteiger partial charge on any atom is -0.479 e. The summed E-state index contributed by atoms with van der Waals surface area (Å²) < 4.78 is 41.8. The molecule has 1 saturated carbocycles. The summed E-state index contributed by atoms with van der Waals surface area (Å²) in [6.07, 6.45) is 10.5. The van der Waals surface area contributed by atoms with Gasteiger partial charge in [-0.2, -0.15) is 4.98 Å². The number of aromatic nitrogens is 5. The third-order valence-electron chi connectivity index (χ3n) is 7.48. The molecule has 0 spiro atoms. The first-order valence-corrected chi connectivity index (χ1v) is 13.5. The van der Waals surface area contributed by atoms with Crippen molar-refractivity contribution >= 4 is 11.6 Å². The Balaban J connectivity index is 1.40. The van der Waals surface area contributed by atoms with Crippen LogP contribution in [0.5, 0.6) is 11.8 Å². The van der Waals surface area contributed by atoms with Gasteiger partial charge in [0.1, 0.15) is 12.2 Å². The van der Waals surface area contributed by atoms with E-state index in [9.17, 15) is 8.78 Å². The minimum absolute atomic E-state index is 0.0430. The summed E-state index contributed by atoms with van der Waals surface area (Å²) in [5, 5.41) is 4.51. The third-order valence-corrected chi connectivity index (χ3v) is 7.48. The van der Waals surface area contributed by atoms with Crippen LogP contribution in [0.1, 0.15) is 67.6 Å². The topological polar surface area (TPSA) is 75.0 Å². The fourth-order valence-electron chi connectivity index (χ4n) is 5.25. The molecule has 2 aliphatic carbocycles. The molecule has 7 nitrogen and oxygen atoms in total. The molecule has 1 atom stereocenters. The molecule has 0 bridgehead atoms. The van der Waals surface area contributed by atoms with Gasteiger partial charge >= 0.3 is 0 Å². The summed E-state index contributed by atoms with van der Waals surface area (Å²) in [5.74, 6) is -1.07. The smallest absolute Gasteiger partial charge is 0.270 e. The molecule has 2 aliphatic rings. The lowest BCUT2D eigenvalue weighted by atomic mass is 9.87. The van der Waals surface area contributed by atoms with E-state index in [1.807, 2.05) is 38.6 Å². The van der Waals surface area contributed by atoms with Gasteiger partial charge < -0.3 is 9.47 Å². The molecule has 0 N–H and O–H groups in total. The Kier molecular flexibility index (Phi) is 7.33. The van der Waals surface area contributed by atoms with E-state index in [0.717, 1.165) is 53.4 Å². The molecule has 0 aromatic carbocycles. The van der Waals surface area contributed by atoms with Crippen molar-refractivity contribution in [1.82, 2.24) is 24.7 Å². The molecular formula is C31H35F2N5O2. The van der Waals surface area contributed by atoms with E-state index >= 15 is 0 Å². The van der Waals surface area contributed by atoms with E-state index < -0.39 is 5.92 Å². The van der Waals surface area contributed by atoms with Crippen LogP contribution in [-0.4, -0.2) is 37.8 Å². The highest BCUT2D eigenvalue weighted by Crippen LogP contribution is 2.47. The van der Waals surface area contributed by atoms with Crippen molar-refractivity contribution in [2.45, 2.75) is 59.0 Å². The van der Waals surface area contributed by atoms with Gasteiger partial charge in [0.25, 0.3) is 5.92 Å². The van der Waals surface area contributed by atoms with E-state index in [4.69, 9.17) is 14.5 Å². The molecule has 0 amide bonds. The fraction of sp³-hybridized carbons (Fsp3) is 0.419. The molecule has 3 heterocycles. The molecule has 0 saturated heterocycles. The number of nitrogens with zero attached hydrogens (tertiary/aromatic N) is 5. The number of hydrogen-bond acceptors (Lipinski definition) is 6. The zero-order chi connectivity index (χ0) is 28.8. The highest BCUT2D eigenvalue weighted by Gasteiger charge is 2.35. The lowest BCUT2D eigenvalue weighted by molar-refractivity contribution is 0.0674. The molecule has 1 fully saturated rings. The summed E-state index contributed by atoms with van der Waals surface area (Å²) in [6.45, 7) is 11.0. The first-order chi connectivity index (χ1) is 19.0. The molecule has 0 aliphatic heterocycles. The van der Waals surface area contributed by atoms with Crippen LogP contribution in [0.25, 0.3) is 23.0 Å². The van der Waals surface area contributed by atoms with Gasteiger partial charge in [0.15, 0.2) is 5.82 Å². The lowest BCUT2D eigenvalue weighted by Gasteiger charge is -2.19. The first-order valence-electron chi connectivity index (χ1n) is 13.5. The van der Waals surface area contributed by atoms with Gasteiger partial charge in [0.2, 0.25) is 11.8 Å². The van der Waals surface area contributed by atoms with Crippen LogP contribution in [0.4, 0.5) is 8.78 Å². The van der Waals surface area contributed by atoms with E-state index in [0.29, 0.717) is 29.1 Å². The van der Waals surface area contributed by atoms with Gasteiger partial charge in [0, 0.05) is 49.3 Å². The number of hydrogen-bond donors (Lipinski definition) is 0. The van der Waals surface area contributed by atoms with Crippen LogP contribution in [0.2, 0.25) is 0 Å². The largest absolute Gasteiger partial charge is 0.479 e. The van der Waals surface area contributed by atoms with Crippen molar-refractivity contribution < 1.29 is 18.3 Å². The highest BCUT2D eigenvalue weighted by molar-refractivity contribution is 5.75. The quantitative estimate of drug-likeness (QED) is 0.274. The van der Waals surface area contributed by atoms with Crippen molar-refractivity contribution in [2.75, 3.05) is 7.11 Å². The molecule has 3 aromatic heterocycles. The van der Waals surface area contributed by atoms with Crippen molar-refractivity contribution in [3.63, 3.8) is 0 Å². The average molecular weight is 548 g/mol. The molecule has 5 rings (SSSR count). The van der Waals surface area contributed by atoms with E-state index in [1.165, 1.54) is 0 Å². The van der Waals surface area contributed by atoms with Gasteiger partial charge in [0.05, 0.1) is 24.1 Å². The van der Waals surface area contributed by atoms with Crippen LogP contribution in [-0.2, 0) is 13.7 Å². The number of methoxy groups -OCH3 is 1. The van der Waals surface area contributed by atoms with Gasteiger partial charge in [-0.05, 0) is 49.0 Å². The Morgan fingerprint density at radius 2 is 1.95 bits per heavy atom. The Hall–Kier alpha value is -3.88. The van der Waals surface area contributed by atoms with Crippen molar-refractivity contribution in [3.05, 3.63) is 70.8 Å². The zero-order valence-electron chi connectivity index (χ0n) is 23.8. The third kappa shape index (κ3) is 5.29. The Labute approximate surface area is 233 Å². The zero-order valence-corrected chi connectivity index (χ0v) is 23.8. The van der Waals surface area contributed by atoms with Crippen LogP contribution >= 0.6 is 0 Å². The highest BCUT2D eigenvalue weighted by atomic mass is 19.3. The van der Waals surface area contributed by atoms with Crippen molar-refractivity contribution in [1.29, 1.82) is 0 Å². The van der Waals surface area contributed by atoms with Crippen LogP contribution in [0.15, 0.2) is 42.8 Å². The normalized spacial score (nSPS) is 17.2. The molecule has 210 valence electrons. The Morgan fingerprint density at radius 1 is 1.20 bits per heavy atom. The number of alkyl halides is 2. The summed E-state index contributed by atoms with van der Waals surface area (Å²) in [4.78, 5) is 14.0. The van der Waals surface area contributed by atoms with Crippen LogP contribution in [0.3, 0.4) is 0 Å². The number of pyridine rings is 1. The minimum atomic E-state index is -2.89. The fourth-order valence-corrected chi connectivity index (χ4v) is 5.25. The second-order valence-corrected chi connectivity index (χ2v) is 11.0. The number of allylic oxidation sites excluding steroid dienone is 4. The molecule has 1 unspecified atom stereocenters. The second kappa shape index (κ2) is 10.6. The van der Waals surface area contributed by atoms with Gasteiger partial charge in [-0.1, -0.05) is 32.6 Å². The number of ether oxygens (including phenoxy) is 2. The average Bonchev–Trinajstić information content (AvgIpc) is 3.53. The maximum Gasteiger partial charge on any atom is 0.270 e. The molecule has 3 aromatic rings. The molecule has 9 heteroatoms. The van der Waals surface area contributed by atoms with Crippen molar-refractivity contribution in [3.8, 4) is 23.1 Å². The van der Waals surface area contributed by atoms with Gasteiger partial charge in [-0.25, -0.2) is 13.8 Å². The van der Waals surface area contributed by atoms with E-state index in [2.05, 4.69) is 21.6 Å². The lowest BCUT2D eigenvalue weighted by Crippen LogP contribution is -2.11. The van der Waals surface area contributed by atoms with Crippen LogP contribution < -0.4 is 9.47 Å². The SMILES string of the molecule is C=Cc1cnc(-c2c(OC)nn(C)c2C2CC2)nc1OCc1cnc(C2=CC(C(C)(F)F)=CC2C(C)C)c(C)c1. The summed E-state index contributed by atoms with van der Waals surface area (Å²) in [7, 11) is 3.50. The molecular weight excluding hydrogens is 512 g/mol.